The van der Waals surface area contributed by atoms with Crippen LogP contribution >= 0.6 is 11.8 Å². The van der Waals surface area contributed by atoms with Crippen molar-refractivity contribution < 1.29 is 4.74 Å². The van der Waals surface area contributed by atoms with Crippen molar-refractivity contribution in [3.63, 3.8) is 0 Å². The molecule has 0 amide bonds. The zero-order chi connectivity index (χ0) is 13.7. The molecule has 1 atom stereocenters. The Bertz CT molecular complexity index is 390. The number of methoxy groups -OCH3 is 1. The predicted molar refractivity (Wildman–Crippen MR) is 84.4 cm³/mol. The van der Waals surface area contributed by atoms with Crippen LogP contribution in [0.15, 0.2) is 24.3 Å². The highest BCUT2D eigenvalue weighted by Gasteiger charge is 2.32. The summed E-state index contributed by atoms with van der Waals surface area (Å²) in [6, 6.07) is 9.72. The smallest absolute Gasteiger partial charge is 0.122 e. The summed E-state index contributed by atoms with van der Waals surface area (Å²) in [4.78, 5) is 0. The molecule has 0 saturated heterocycles. The van der Waals surface area contributed by atoms with Gasteiger partial charge in [0.15, 0.2) is 0 Å². The second-order valence-electron chi connectivity index (χ2n) is 5.33. The molecule has 1 saturated carbocycles. The molecule has 0 radical (unpaired) electrons. The maximum atomic E-state index is 5.45. The highest BCUT2D eigenvalue weighted by molar-refractivity contribution is 7.99. The summed E-state index contributed by atoms with van der Waals surface area (Å²) in [5, 5.41) is 3.73. The van der Waals surface area contributed by atoms with Crippen molar-refractivity contribution in [3.8, 4) is 5.75 Å². The summed E-state index contributed by atoms with van der Waals surface area (Å²) in [6.45, 7) is 4.51. The van der Waals surface area contributed by atoms with Gasteiger partial charge in [-0.2, -0.15) is 11.8 Å². The van der Waals surface area contributed by atoms with Crippen molar-refractivity contribution in [1.82, 2.24) is 5.32 Å². The molecule has 2 nitrogen and oxygen atoms in total. The van der Waals surface area contributed by atoms with Crippen LogP contribution in [-0.2, 0) is 0 Å². The van der Waals surface area contributed by atoms with Crippen molar-refractivity contribution >= 4 is 11.8 Å². The van der Waals surface area contributed by atoms with Crippen molar-refractivity contribution in [2.45, 2.75) is 44.7 Å². The fourth-order valence-corrected chi connectivity index (χ4v) is 3.44. The fourth-order valence-electron chi connectivity index (χ4n) is 2.76. The molecular formula is C16H25NOS. The minimum absolute atomic E-state index is 0.619. The molecule has 19 heavy (non-hydrogen) atoms. The van der Waals surface area contributed by atoms with Crippen molar-refractivity contribution in [2.75, 3.05) is 18.6 Å². The Morgan fingerprint density at radius 2 is 2.11 bits per heavy atom. The molecule has 1 N–H and O–H groups in total. The number of ether oxygens (including phenoxy) is 1. The third kappa shape index (κ3) is 3.90. The Morgan fingerprint density at radius 3 is 2.79 bits per heavy atom. The van der Waals surface area contributed by atoms with Crippen LogP contribution in [0.4, 0.5) is 0 Å². The van der Waals surface area contributed by atoms with Gasteiger partial charge in [-0.15, -0.1) is 0 Å². The molecule has 1 aromatic carbocycles. The summed E-state index contributed by atoms with van der Waals surface area (Å²) in [7, 11) is 1.76. The summed E-state index contributed by atoms with van der Waals surface area (Å²) in [5.41, 5.74) is 1.37. The Balaban J connectivity index is 1.79. The fraction of sp³-hybridized carbons (Fsp3) is 0.625. The molecule has 1 unspecified atom stereocenters. The van der Waals surface area contributed by atoms with Gasteiger partial charge in [0, 0.05) is 17.8 Å². The predicted octanol–water partition coefficient (Wildman–Crippen LogP) is 3.67. The lowest BCUT2D eigenvalue weighted by Gasteiger charge is -2.38. The minimum Gasteiger partial charge on any atom is -0.496 e. The Morgan fingerprint density at radius 1 is 1.37 bits per heavy atom. The van der Waals surface area contributed by atoms with Gasteiger partial charge in [0.05, 0.1) is 7.11 Å². The van der Waals surface area contributed by atoms with E-state index in [9.17, 15) is 0 Å². The van der Waals surface area contributed by atoms with Crippen molar-refractivity contribution in [3.05, 3.63) is 29.8 Å². The molecule has 1 fully saturated rings. The number of thioether (sulfide) groups is 1. The van der Waals surface area contributed by atoms with Crippen molar-refractivity contribution in [1.29, 1.82) is 0 Å². The molecule has 1 aliphatic carbocycles. The van der Waals surface area contributed by atoms with E-state index in [1.54, 1.807) is 7.11 Å². The number of rotatable bonds is 7. The van der Waals surface area contributed by atoms with Gasteiger partial charge >= 0.3 is 0 Å². The highest BCUT2D eigenvalue weighted by atomic mass is 32.2. The minimum atomic E-state index is 0.619. The molecule has 2 rings (SSSR count). The lowest BCUT2D eigenvalue weighted by atomic mass is 9.75. The standard InChI is InChI=1S/C16H25NOS/c1-4-19-11-12(2)17-14-9-13(10-14)15-7-5-6-8-16(15)18-3/h5-8,12-14,17H,4,9-11H2,1-3H3. The summed E-state index contributed by atoms with van der Waals surface area (Å²) in [5.74, 6) is 4.13. The molecular weight excluding hydrogens is 254 g/mol. The molecule has 106 valence electrons. The second kappa shape index (κ2) is 7.20. The quantitative estimate of drug-likeness (QED) is 0.823. The molecule has 1 aliphatic rings. The third-order valence-corrected chi connectivity index (χ3v) is 4.95. The first-order valence-corrected chi connectivity index (χ1v) is 8.36. The number of nitrogens with one attached hydrogen (secondary N) is 1. The van der Waals surface area contributed by atoms with Gasteiger partial charge in [-0.25, -0.2) is 0 Å². The maximum absolute atomic E-state index is 5.45. The summed E-state index contributed by atoms with van der Waals surface area (Å²) in [6.07, 6.45) is 2.48. The SMILES string of the molecule is CCSCC(C)NC1CC(c2ccccc2OC)C1. The van der Waals surface area contributed by atoms with E-state index in [1.807, 2.05) is 17.8 Å². The summed E-state index contributed by atoms with van der Waals surface area (Å²) < 4.78 is 5.45. The van der Waals surface area contributed by atoms with Crippen LogP contribution in [0.1, 0.15) is 38.2 Å². The number of hydrogen-bond acceptors (Lipinski definition) is 3. The largest absolute Gasteiger partial charge is 0.496 e. The van der Waals surface area contributed by atoms with Gasteiger partial charge in [-0.3, -0.25) is 0 Å². The van der Waals surface area contributed by atoms with Crippen LogP contribution in [0.5, 0.6) is 5.75 Å². The van der Waals surface area contributed by atoms with Gasteiger partial charge in [0.25, 0.3) is 0 Å². The number of hydrogen-bond donors (Lipinski definition) is 1. The Labute approximate surface area is 121 Å². The van der Waals surface area contributed by atoms with Crippen LogP contribution in [0, 0.1) is 0 Å². The lowest BCUT2D eigenvalue weighted by Crippen LogP contribution is -2.45. The van der Waals surface area contributed by atoms with Crippen molar-refractivity contribution in [2.24, 2.45) is 0 Å². The summed E-state index contributed by atoms with van der Waals surface area (Å²) >= 11 is 2.01. The van der Waals surface area contributed by atoms with E-state index in [0.717, 1.165) is 5.75 Å². The van der Waals surface area contributed by atoms with Crippen LogP contribution in [0.25, 0.3) is 0 Å². The number of benzene rings is 1. The lowest BCUT2D eigenvalue weighted by molar-refractivity contribution is 0.270. The van der Waals surface area contributed by atoms with Crippen LogP contribution in [-0.4, -0.2) is 30.7 Å². The van der Waals surface area contributed by atoms with Gasteiger partial charge < -0.3 is 10.1 Å². The van der Waals surface area contributed by atoms with Gasteiger partial charge in [-0.05, 0) is 43.1 Å². The van der Waals surface area contributed by atoms with Crippen LogP contribution in [0.2, 0.25) is 0 Å². The first-order chi connectivity index (χ1) is 9.24. The van der Waals surface area contributed by atoms with Crippen LogP contribution < -0.4 is 10.1 Å². The first-order valence-electron chi connectivity index (χ1n) is 7.21. The third-order valence-electron chi connectivity index (χ3n) is 3.81. The normalized spacial score (nSPS) is 23.7. The second-order valence-corrected chi connectivity index (χ2v) is 6.65. The zero-order valence-corrected chi connectivity index (χ0v) is 13.0. The van der Waals surface area contributed by atoms with Crippen LogP contribution in [0.3, 0.4) is 0 Å². The topological polar surface area (TPSA) is 21.3 Å². The molecule has 0 aliphatic heterocycles. The van der Waals surface area contributed by atoms with E-state index in [4.69, 9.17) is 4.74 Å². The Hall–Kier alpha value is -0.670. The molecule has 0 heterocycles. The zero-order valence-electron chi connectivity index (χ0n) is 12.2. The maximum Gasteiger partial charge on any atom is 0.122 e. The Kier molecular flexibility index (Phi) is 5.59. The van der Waals surface area contributed by atoms with E-state index in [2.05, 4.69) is 37.4 Å². The van der Waals surface area contributed by atoms with Gasteiger partial charge in [0.1, 0.15) is 5.75 Å². The molecule has 3 heteroatoms. The van der Waals surface area contributed by atoms with Gasteiger partial charge in [0.2, 0.25) is 0 Å². The van der Waals surface area contributed by atoms with E-state index in [1.165, 1.54) is 29.9 Å². The average molecular weight is 279 g/mol. The van der Waals surface area contributed by atoms with E-state index < -0.39 is 0 Å². The molecule has 1 aromatic rings. The highest BCUT2D eigenvalue weighted by Crippen LogP contribution is 2.41. The molecule has 0 bridgehead atoms. The monoisotopic (exact) mass is 279 g/mol. The average Bonchev–Trinajstić information content (AvgIpc) is 2.40. The van der Waals surface area contributed by atoms with Gasteiger partial charge in [-0.1, -0.05) is 25.1 Å². The van der Waals surface area contributed by atoms with E-state index in [0.29, 0.717) is 18.0 Å². The first kappa shape index (κ1) is 14.7. The van der Waals surface area contributed by atoms with E-state index >= 15 is 0 Å². The van der Waals surface area contributed by atoms with E-state index in [-0.39, 0.29) is 0 Å². The number of para-hydroxylation sites is 1. The molecule has 0 aromatic heterocycles. The molecule has 0 spiro atoms.